The maximum absolute atomic E-state index is 5.46. The Labute approximate surface area is 101 Å². The van der Waals surface area contributed by atoms with Crippen LogP contribution < -0.4 is 5.73 Å². The summed E-state index contributed by atoms with van der Waals surface area (Å²) in [6, 6.07) is 4.06. The minimum Gasteiger partial charge on any atom is -0.342 e. The van der Waals surface area contributed by atoms with Crippen LogP contribution in [0.15, 0.2) is 24.5 Å². The van der Waals surface area contributed by atoms with Crippen LogP contribution in [0.1, 0.15) is 24.4 Å². The highest BCUT2D eigenvalue weighted by atomic mass is 14.9. The van der Waals surface area contributed by atoms with Crippen molar-refractivity contribution in [2.24, 2.45) is 5.73 Å². The Kier molecular flexibility index (Phi) is 3.88. The highest BCUT2D eigenvalue weighted by Gasteiger charge is 2.03. The van der Waals surface area contributed by atoms with Gasteiger partial charge in [-0.15, -0.1) is 0 Å². The number of H-pyrrole nitrogens is 1. The average molecular weight is 230 g/mol. The molecule has 0 aromatic carbocycles. The quantitative estimate of drug-likeness (QED) is 0.772. The predicted octanol–water partition coefficient (Wildman–Crippen LogP) is 2.06. The fourth-order valence-electron chi connectivity index (χ4n) is 1.70. The van der Waals surface area contributed by atoms with Crippen molar-refractivity contribution in [2.75, 3.05) is 6.54 Å². The molecule has 2 aromatic heterocycles. The number of aromatic amines is 1. The second-order valence-corrected chi connectivity index (χ2v) is 4.18. The number of hydrogen-bond acceptors (Lipinski definition) is 3. The van der Waals surface area contributed by atoms with Crippen molar-refractivity contribution in [3.63, 3.8) is 0 Å². The largest absolute Gasteiger partial charge is 0.342 e. The van der Waals surface area contributed by atoms with E-state index in [1.807, 2.05) is 25.4 Å². The summed E-state index contributed by atoms with van der Waals surface area (Å²) in [4.78, 5) is 12.0. The van der Waals surface area contributed by atoms with Gasteiger partial charge in [0.1, 0.15) is 5.82 Å². The van der Waals surface area contributed by atoms with Gasteiger partial charge in [-0.3, -0.25) is 4.98 Å². The van der Waals surface area contributed by atoms with E-state index < -0.39 is 0 Å². The van der Waals surface area contributed by atoms with Crippen LogP contribution in [-0.2, 0) is 6.42 Å². The first-order valence-electron chi connectivity index (χ1n) is 5.96. The van der Waals surface area contributed by atoms with Gasteiger partial charge < -0.3 is 10.7 Å². The number of imidazole rings is 1. The molecule has 4 heteroatoms. The Morgan fingerprint density at radius 2 is 2.06 bits per heavy atom. The van der Waals surface area contributed by atoms with Crippen molar-refractivity contribution < 1.29 is 0 Å². The Morgan fingerprint density at radius 3 is 2.76 bits per heavy atom. The summed E-state index contributed by atoms with van der Waals surface area (Å²) in [5, 5.41) is 0. The number of nitrogens with zero attached hydrogens (tertiary/aromatic N) is 2. The van der Waals surface area contributed by atoms with Crippen molar-refractivity contribution in [1.82, 2.24) is 15.0 Å². The van der Waals surface area contributed by atoms with Gasteiger partial charge in [-0.05, 0) is 38.4 Å². The molecule has 2 aromatic rings. The summed E-state index contributed by atoms with van der Waals surface area (Å²) < 4.78 is 0. The smallest absolute Gasteiger partial charge is 0.106 e. The van der Waals surface area contributed by atoms with Gasteiger partial charge in [0.05, 0.1) is 11.9 Å². The van der Waals surface area contributed by atoms with E-state index in [1.54, 1.807) is 0 Å². The summed E-state index contributed by atoms with van der Waals surface area (Å²) in [5.74, 6) is 1.02. The SMILES string of the molecule is Cc1ccc(-c2cnc(CCCCN)[nH]2)cn1. The summed E-state index contributed by atoms with van der Waals surface area (Å²) in [6.07, 6.45) is 6.81. The molecule has 0 spiro atoms. The lowest BCUT2D eigenvalue weighted by atomic mass is 10.2. The van der Waals surface area contributed by atoms with Crippen molar-refractivity contribution in [3.05, 3.63) is 36.0 Å². The van der Waals surface area contributed by atoms with E-state index in [0.717, 1.165) is 48.6 Å². The Morgan fingerprint density at radius 1 is 1.18 bits per heavy atom. The lowest BCUT2D eigenvalue weighted by Crippen LogP contribution is -1.99. The number of aryl methyl sites for hydroxylation is 2. The molecule has 0 fully saturated rings. The van der Waals surface area contributed by atoms with Crippen molar-refractivity contribution >= 4 is 0 Å². The lowest BCUT2D eigenvalue weighted by molar-refractivity contribution is 0.723. The van der Waals surface area contributed by atoms with E-state index in [4.69, 9.17) is 5.73 Å². The van der Waals surface area contributed by atoms with Crippen LogP contribution in [0.4, 0.5) is 0 Å². The van der Waals surface area contributed by atoms with Crippen LogP contribution in [0.3, 0.4) is 0 Å². The third kappa shape index (κ3) is 3.14. The van der Waals surface area contributed by atoms with Gasteiger partial charge in [-0.1, -0.05) is 0 Å². The van der Waals surface area contributed by atoms with Gasteiger partial charge in [0.25, 0.3) is 0 Å². The maximum atomic E-state index is 5.46. The molecule has 0 aliphatic carbocycles. The van der Waals surface area contributed by atoms with Crippen LogP contribution in [0.2, 0.25) is 0 Å². The topological polar surface area (TPSA) is 67.6 Å². The van der Waals surface area contributed by atoms with Crippen molar-refractivity contribution in [2.45, 2.75) is 26.2 Å². The first kappa shape index (κ1) is 11.8. The van der Waals surface area contributed by atoms with Crippen LogP contribution in [0.25, 0.3) is 11.3 Å². The standard InChI is InChI=1S/C13H18N4/c1-10-5-6-11(8-15-10)12-9-16-13(17-12)4-2-3-7-14/h5-6,8-9H,2-4,7,14H2,1H3,(H,16,17). The maximum Gasteiger partial charge on any atom is 0.106 e. The Hall–Kier alpha value is -1.68. The monoisotopic (exact) mass is 230 g/mol. The molecule has 3 N–H and O–H groups in total. The molecule has 90 valence electrons. The van der Waals surface area contributed by atoms with Crippen LogP contribution in [-0.4, -0.2) is 21.5 Å². The first-order valence-corrected chi connectivity index (χ1v) is 5.96. The summed E-state index contributed by atoms with van der Waals surface area (Å²) >= 11 is 0. The lowest BCUT2D eigenvalue weighted by Gasteiger charge is -1.98. The van der Waals surface area contributed by atoms with Gasteiger partial charge in [0, 0.05) is 23.9 Å². The number of nitrogens with one attached hydrogen (secondary N) is 1. The molecule has 0 aliphatic rings. The number of pyridine rings is 1. The predicted molar refractivity (Wildman–Crippen MR) is 68.5 cm³/mol. The molecule has 0 amide bonds. The molecule has 17 heavy (non-hydrogen) atoms. The zero-order chi connectivity index (χ0) is 12.1. The summed E-state index contributed by atoms with van der Waals surface area (Å²) in [5.41, 5.74) is 8.59. The molecule has 0 saturated carbocycles. The third-order valence-electron chi connectivity index (χ3n) is 2.72. The number of nitrogens with two attached hydrogens (primary N) is 1. The molecule has 0 unspecified atom stereocenters. The molecule has 4 nitrogen and oxygen atoms in total. The third-order valence-corrected chi connectivity index (χ3v) is 2.72. The van der Waals surface area contributed by atoms with E-state index in [1.165, 1.54) is 0 Å². The number of rotatable bonds is 5. The van der Waals surface area contributed by atoms with Gasteiger partial charge >= 0.3 is 0 Å². The molecule has 0 atom stereocenters. The van der Waals surface area contributed by atoms with Gasteiger partial charge in [0.2, 0.25) is 0 Å². The number of hydrogen-bond donors (Lipinski definition) is 2. The highest BCUT2D eigenvalue weighted by Crippen LogP contribution is 2.16. The average Bonchev–Trinajstić information content (AvgIpc) is 2.79. The number of aromatic nitrogens is 3. The second-order valence-electron chi connectivity index (χ2n) is 4.18. The van der Waals surface area contributed by atoms with E-state index in [2.05, 4.69) is 21.0 Å². The fraction of sp³-hybridized carbons (Fsp3) is 0.385. The van der Waals surface area contributed by atoms with Gasteiger partial charge in [0.15, 0.2) is 0 Å². The van der Waals surface area contributed by atoms with E-state index in [0.29, 0.717) is 0 Å². The van der Waals surface area contributed by atoms with Crippen molar-refractivity contribution in [1.29, 1.82) is 0 Å². The molecule has 0 radical (unpaired) electrons. The molecule has 0 saturated heterocycles. The van der Waals surface area contributed by atoms with Gasteiger partial charge in [-0.2, -0.15) is 0 Å². The highest BCUT2D eigenvalue weighted by molar-refractivity contribution is 5.57. The minimum absolute atomic E-state index is 0.745. The fourth-order valence-corrected chi connectivity index (χ4v) is 1.70. The van der Waals surface area contributed by atoms with Crippen molar-refractivity contribution in [3.8, 4) is 11.3 Å². The molecule has 2 heterocycles. The van der Waals surface area contributed by atoms with E-state index in [-0.39, 0.29) is 0 Å². The van der Waals surface area contributed by atoms with Gasteiger partial charge in [-0.25, -0.2) is 4.98 Å². The minimum atomic E-state index is 0.745. The molecular weight excluding hydrogens is 212 g/mol. The molecule has 0 aliphatic heterocycles. The van der Waals surface area contributed by atoms with Crippen LogP contribution in [0, 0.1) is 6.92 Å². The summed E-state index contributed by atoms with van der Waals surface area (Å²) in [6.45, 7) is 2.73. The Bertz CT molecular complexity index is 459. The van der Waals surface area contributed by atoms with Crippen LogP contribution in [0.5, 0.6) is 0 Å². The van der Waals surface area contributed by atoms with E-state index >= 15 is 0 Å². The molecule has 2 rings (SSSR count). The van der Waals surface area contributed by atoms with E-state index in [9.17, 15) is 0 Å². The second kappa shape index (κ2) is 5.59. The van der Waals surface area contributed by atoms with Crippen LogP contribution >= 0.6 is 0 Å². The zero-order valence-corrected chi connectivity index (χ0v) is 10.1. The summed E-state index contributed by atoms with van der Waals surface area (Å²) in [7, 11) is 0. The normalized spacial score (nSPS) is 10.7. The Balaban J connectivity index is 2.04. The number of unbranched alkanes of at least 4 members (excludes halogenated alkanes) is 1. The molecular formula is C13H18N4. The zero-order valence-electron chi connectivity index (χ0n) is 10.1. The first-order chi connectivity index (χ1) is 8.29. The molecule has 0 bridgehead atoms.